The van der Waals surface area contributed by atoms with Crippen LogP contribution < -0.4 is 5.32 Å². The van der Waals surface area contributed by atoms with Crippen molar-refractivity contribution in [3.8, 4) is 6.07 Å². The Morgan fingerprint density at radius 3 is 3.07 bits per heavy atom. The number of fused-ring (bicyclic) bond motifs is 1. The quantitative estimate of drug-likeness (QED) is 0.767. The van der Waals surface area contributed by atoms with Crippen molar-refractivity contribution >= 4 is 27.5 Å². The van der Waals surface area contributed by atoms with Crippen molar-refractivity contribution in [2.75, 3.05) is 5.32 Å². The Labute approximate surface area is 89.9 Å². The van der Waals surface area contributed by atoms with Crippen LogP contribution in [0.25, 0.3) is 0 Å². The van der Waals surface area contributed by atoms with Crippen molar-refractivity contribution in [3.05, 3.63) is 28.2 Å². The van der Waals surface area contributed by atoms with Crippen LogP contribution in [-0.2, 0) is 11.2 Å². The van der Waals surface area contributed by atoms with Crippen LogP contribution in [0.5, 0.6) is 0 Å². The number of benzene rings is 1. The minimum Gasteiger partial charge on any atom is -0.325 e. The Bertz CT molecular complexity index is 436. The van der Waals surface area contributed by atoms with E-state index in [2.05, 4.69) is 21.2 Å². The van der Waals surface area contributed by atoms with Gasteiger partial charge in [-0.05, 0) is 24.1 Å². The van der Waals surface area contributed by atoms with E-state index in [1.807, 2.05) is 24.3 Å². The van der Waals surface area contributed by atoms with E-state index in [1.165, 1.54) is 0 Å². The van der Waals surface area contributed by atoms with E-state index < -0.39 is 5.92 Å². The normalized spacial score (nSPS) is 19.4. The second kappa shape index (κ2) is 3.43. The summed E-state index contributed by atoms with van der Waals surface area (Å²) in [6.07, 6.45) is 0.505. The molecular weight excluding hydrogens is 244 g/mol. The van der Waals surface area contributed by atoms with Gasteiger partial charge in [-0.3, -0.25) is 4.79 Å². The van der Waals surface area contributed by atoms with Crippen molar-refractivity contribution in [2.45, 2.75) is 6.42 Å². The summed E-state index contributed by atoms with van der Waals surface area (Å²) >= 11 is 3.33. The number of nitrogens with one attached hydrogen (secondary N) is 1. The number of hydrogen-bond donors (Lipinski definition) is 1. The van der Waals surface area contributed by atoms with Gasteiger partial charge < -0.3 is 5.32 Å². The molecule has 3 nitrogen and oxygen atoms in total. The predicted molar refractivity (Wildman–Crippen MR) is 55.6 cm³/mol. The zero-order chi connectivity index (χ0) is 10.1. The second-order valence-corrected chi connectivity index (χ2v) is 4.09. The summed E-state index contributed by atoms with van der Waals surface area (Å²) in [4.78, 5) is 11.4. The molecule has 0 saturated heterocycles. The van der Waals surface area contributed by atoms with Gasteiger partial charge in [0, 0.05) is 10.2 Å². The number of nitriles is 1. The lowest BCUT2D eigenvalue weighted by Crippen LogP contribution is -2.28. The molecule has 1 amide bonds. The van der Waals surface area contributed by atoms with E-state index in [4.69, 9.17) is 5.26 Å². The number of rotatable bonds is 0. The second-order valence-electron chi connectivity index (χ2n) is 3.18. The maximum atomic E-state index is 11.4. The third-order valence-corrected chi connectivity index (χ3v) is 2.72. The average molecular weight is 251 g/mol. The Kier molecular flexibility index (Phi) is 2.26. The first-order chi connectivity index (χ1) is 6.70. The van der Waals surface area contributed by atoms with Crippen LogP contribution in [0.15, 0.2) is 22.7 Å². The largest absolute Gasteiger partial charge is 0.325 e. The van der Waals surface area contributed by atoms with Crippen molar-refractivity contribution in [1.82, 2.24) is 0 Å². The Morgan fingerprint density at radius 2 is 2.36 bits per heavy atom. The number of nitrogens with zero attached hydrogens (tertiary/aromatic N) is 1. The summed E-state index contributed by atoms with van der Waals surface area (Å²) in [5, 5.41) is 11.4. The molecule has 0 radical (unpaired) electrons. The molecule has 14 heavy (non-hydrogen) atoms. The van der Waals surface area contributed by atoms with Crippen LogP contribution in [0.2, 0.25) is 0 Å². The van der Waals surface area contributed by atoms with Gasteiger partial charge in [0.2, 0.25) is 5.91 Å². The summed E-state index contributed by atoms with van der Waals surface area (Å²) in [6, 6.07) is 7.66. The molecule has 0 aromatic heterocycles. The van der Waals surface area contributed by atoms with Crippen molar-refractivity contribution in [2.24, 2.45) is 5.92 Å². The lowest BCUT2D eigenvalue weighted by atomic mass is 9.94. The SMILES string of the molecule is N#CC1Cc2ccc(Br)cc2NC1=O. The highest BCUT2D eigenvalue weighted by molar-refractivity contribution is 9.10. The number of halogens is 1. The number of anilines is 1. The van der Waals surface area contributed by atoms with Gasteiger partial charge in [0.25, 0.3) is 0 Å². The van der Waals surface area contributed by atoms with E-state index in [1.54, 1.807) is 0 Å². The van der Waals surface area contributed by atoms with Crippen LogP contribution in [0.3, 0.4) is 0 Å². The molecule has 1 heterocycles. The molecule has 1 aliphatic rings. The van der Waals surface area contributed by atoms with Gasteiger partial charge in [-0.2, -0.15) is 5.26 Å². The molecule has 1 N–H and O–H groups in total. The fraction of sp³-hybridized carbons (Fsp3) is 0.200. The van der Waals surface area contributed by atoms with Crippen LogP contribution in [0, 0.1) is 17.2 Å². The van der Waals surface area contributed by atoms with Crippen molar-refractivity contribution in [1.29, 1.82) is 5.26 Å². The van der Waals surface area contributed by atoms with Gasteiger partial charge in [-0.15, -0.1) is 0 Å². The van der Waals surface area contributed by atoms with Gasteiger partial charge in [0.15, 0.2) is 0 Å². The van der Waals surface area contributed by atoms with Gasteiger partial charge in [-0.1, -0.05) is 22.0 Å². The Morgan fingerprint density at radius 1 is 1.57 bits per heavy atom. The van der Waals surface area contributed by atoms with Crippen LogP contribution in [-0.4, -0.2) is 5.91 Å². The number of hydrogen-bond acceptors (Lipinski definition) is 2. The van der Waals surface area contributed by atoms with E-state index >= 15 is 0 Å². The minimum atomic E-state index is -0.552. The third-order valence-electron chi connectivity index (χ3n) is 2.23. The van der Waals surface area contributed by atoms with E-state index in [9.17, 15) is 4.79 Å². The summed E-state index contributed by atoms with van der Waals surface area (Å²) in [6.45, 7) is 0. The zero-order valence-corrected chi connectivity index (χ0v) is 8.84. The summed E-state index contributed by atoms with van der Waals surface area (Å²) in [5.41, 5.74) is 1.82. The maximum absolute atomic E-state index is 11.4. The molecule has 4 heteroatoms. The first-order valence-electron chi connectivity index (χ1n) is 4.19. The highest BCUT2D eigenvalue weighted by atomic mass is 79.9. The number of amides is 1. The van der Waals surface area contributed by atoms with E-state index in [0.717, 1.165) is 15.7 Å². The van der Waals surface area contributed by atoms with Crippen LogP contribution in [0.4, 0.5) is 5.69 Å². The molecule has 1 aliphatic heterocycles. The van der Waals surface area contributed by atoms with E-state index in [0.29, 0.717) is 6.42 Å². The standard InChI is InChI=1S/C10H7BrN2O/c11-8-2-1-6-3-7(5-12)10(14)13-9(6)4-8/h1-2,4,7H,3H2,(H,13,14). The summed E-state index contributed by atoms with van der Waals surface area (Å²) in [5.74, 6) is -0.762. The molecule has 2 rings (SSSR count). The lowest BCUT2D eigenvalue weighted by Gasteiger charge is -2.20. The fourth-order valence-corrected chi connectivity index (χ4v) is 1.84. The fourth-order valence-electron chi connectivity index (χ4n) is 1.48. The van der Waals surface area contributed by atoms with Crippen LogP contribution >= 0.6 is 15.9 Å². The third kappa shape index (κ3) is 1.51. The monoisotopic (exact) mass is 250 g/mol. The average Bonchev–Trinajstić information content (AvgIpc) is 2.16. The minimum absolute atomic E-state index is 0.210. The molecule has 0 saturated carbocycles. The summed E-state index contributed by atoms with van der Waals surface area (Å²) in [7, 11) is 0. The predicted octanol–water partition coefficient (Wildman–Crippen LogP) is 2.08. The first kappa shape index (κ1) is 9.22. The smallest absolute Gasteiger partial charge is 0.242 e. The molecule has 1 atom stereocenters. The topological polar surface area (TPSA) is 52.9 Å². The van der Waals surface area contributed by atoms with Gasteiger partial charge in [0.1, 0.15) is 5.92 Å². The van der Waals surface area contributed by atoms with Crippen molar-refractivity contribution < 1.29 is 4.79 Å². The molecule has 1 unspecified atom stereocenters. The summed E-state index contributed by atoms with van der Waals surface area (Å²) < 4.78 is 0.923. The number of carbonyl (C=O) groups is 1. The molecule has 0 spiro atoms. The Hall–Kier alpha value is -1.34. The number of carbonyl (C=O) groups excluding carboxylic acids is 1. The van der Waals surface area contributed by atoms with Crippen LogP contribution in [0.1, 0.15) is 5.56 Å². The molecule has 1 aromatic rings. The Balaban J connectivity index is 2.41. The maximum Gasteiger partial charge on any atom is 0.242 e. The molecule has 1 aromatic carbocycles. The zero-order valence-electron chi connectivity index (χ0n) is 7.25. The van der Waals surface area contributed by atoms with E-state index in [-0.39, 0.29) is 5.91 Å². The van der Waals surface area contributed by atoms with Gasteiger partial charge in [-0.25, -0.2) is 0 Å². The van der Waals surface area contributed by atoms with Crippen molar-refractivity contribution in [3.63, 3.8) is 0 Å². The molecule has 70 valence electrons. The molecule has 0 bridgehead atoms. The highest BCUT2D eigenvalue weighted by Gasteiger charge is 2.25. The highest BCUT2D eigenvalue weighted by Crippen LogP contribution is 2.28. The van der Waals surface area contributed by atoms with Gasteiger partial charge in [0.05, 0.1) is 6.07 Å². The molecule has 0 fully saturated rings. The molecule has 0 aliphatic carbocycles. The van der Waals surface area contributed by atoms with Gasteiger partial charge >= 0.3 is 0 Å². The first-order valence-corrected chi connectivity index (χ1v) is 4.99. The molecular formula is C10H7BrN2O. The lowest BCUT2D eigenvalue weighted by molar-refractivity contribution is -0.118.